The number of nitrogens with zero attached hydrogens (tertiary/aromatic N) is 3. The first-order valence-electron chi connectivity index (χ1n) is 9.10. The van der Waals surface area contributed by atoms with Crippen molar-refractivity contribution in [1.29, 1.82) is 0 Å². The number of anilines is 2. The normalized spacial score (nSPS) is 13.1. The van der Waals surface area contributed by atoms with E-state index in [0.29, 0.717) is 26.6 Å². The molecule has 0 aliphatic carbocycles. The van der Waals surface area contributed by atoms with Crippen LogP contribution in [0.25, 0.3) is 0 Å². The van der Waals surface area contributed by atoms with Gasteiger partial charge in [-0.05, 0) is 37.4 Å². The number of hydrogen-bond donors (Lipinski definition) is 2. The first-order valence-corrected chi connectivity index (χ1v) is 10.7. The smallest absolute Gasteiger partial charge is 0.284 e. The van der Waals surface area contributed by atoms with Crippen molar-refractivity contribution in [1.82, 2.24) is 14.9 Å². The third kappa shape index (κ3) is 5.53. The minimum absolute atomic E-state index is 0. The highest BCUT2D eigenvalue weighted by Crippen LogP contribution is 2.27. The van der Waals surface area contributed by atoms with Crippen molar-refractivity contribution in [2.24, 2.45) is 0 Å². The monoisotopic (exact) mass is 497 g/mol. The number of amides is 2. The summed E-state index contributed by atoms with van der Waals surface area (Å²) in [5, 5.41) is 6.66. The van der Waals surface area contributed by atoms with Gasteiger partial charge in [0.1, 0.15) is 5.82 Å². The van der Waals surface area contributed by atoms with E-state index < -0.39 is 5.91 Å². The van der Waals surface area contributed by atoms with Gasteiger partial charge in [0.05, 0.1) is 22.0 Å². The fourth-order valence-electron chi connectivity index (χ4n) is 3.04. The Labute approximate surface area is 199 Å². The summed E-state index contributed by atoms with van der Waals surface area (Å²) in [5.74, 6) is -0.487. The number of likely N-dealkylation sites (N-methyl/N-ethyl adjacent to an activating group) is 1. The Morgan fingerprint density at radius 3 is 2.61 bits per heavy atom. The molecule has 0 saturated carbocycles. The zero-order chi connectivity index (χ0) is 21.3. The van der Waals surface area contributed by atoms with Crippen molar-refractivity contribution in [2.45, 2.75) is 13.0 Å². The highest BCUT2D eigenvalue weighted by molar-refractivity contribution is 7.13. The summed E-state index contributed by atoms with van der Waals surface area (Å²) < 4.78 is 0. The molecule has 2 N–H and O–H groups in total. The number of pyridine rings is 1. The van der Waals surface area contributed by atoms with Crippen LogP contribution in [0.3, 0.4) is 0 Å². The highest BCUT2D eigenvalue weighted by atomic mass is 35.5. The maximum atomic E-state index is 12.8. The number of rotatable bonds is 4. The summed E-state index contributed by atoms with van der Waals surface area (Å²) in [5.41, 5.74) is 1.51. The van der Waals surface area contributed by atoms with Crippen molar-refractivity contribution in [3.05, 3.63) is 67.7 Å². The van der Waals surface area contributed by atoms with E-state index in [-0.39, 0.29) is 23.9 Å². The van der Waals surface area contributed by atoms with E-state index in [1.165, 1.54) is 23.6 Å². The van der Waals surface area contributed by atoms with Crippen LogP contribution in [0, 0.1) is 0 Å². The summed E-state index contributed by atoms with van der Waals surface area (Å²) in [6.45, 7) is 1.70. The van der Waals surface area contributed by atoms with Gasteiger partial charge >= 0.3 is 0 Å². The fourth-order valence-corrected chi connectivity index (χ4v) is 4.41. The summed E-state index contributed by atoms with van der Waals surface area (Å²) in [4.78, 5) is 37.4. The van der Waals surface area contributed by atoms with Gasteiger partial charge in [-0.2, -0.15) is 0 Å². The molecule has 1 aliphatic heterocycles. The third-order valence-electron chi connectivity index (χ3n) is 4.56. The quantitative estimate of drug-likeness (QED) is 0.541. The first kappa shape index (κ1) is 23.4. The molecular weight excluding hydrogens is 481 g/mol. The first-order chi connectivity index (χ1) is 14.4. The molecule has 31 heavy (non-hydrogen) atoms. The van der Waals surface area contributed by atoms with Gasteiger partial charge in [-0.15, -0.1) is 23.7 Å². The zero-order valence-corrected chi connectivity index (χ0v) is 19.5. The maximum absolute atomic E-state index is 12.8. The van der Waals surface area contributed by atoms with Gasteiger partial charge in [0, 0.05) is 35.6 Å². The minimum atomic E-state index is -0.456. The van der Waals surface area contributed by atoms with Crippen LogP contribution < -0.4 is 10.6 Å². The van der Waals surface area contributed by atoms with Crippen LogP contribution in [0.5, 0.6) is 0 Å². The molecule has 1 aliphatic rings. The van der Waals surface area contributed by atoms with E-state index in [0.717, 1.165) is 30.1 Å². The van der Waals surface area contributed by atoms with Crippen LogP contribution >= 0.6 is 46.9 Å². The van der Waals surface area contributed by atoms with Gasteiger partial charge in [0.15, 0.2) is 5.01 Å². The zero-order valence-electron chi connectivity index (χ0n) is 16.3. The van der Waals surface area contributed by atoms with Crippen LogP contribution in [-0.2, 0) is 13.0 Å². The second-order valence-corrected chi connectivity index (χ2v) is 8.79. The summed E-state index contributed by atoms with van der Waals surface area (Å²) in [6, 6.07) is 7.89. The third-order valence-corrected chi connectivity index (χ3v) is 6.10. The molecule has 3 heterocycles. The van der Waals surface area contributed by atoms with E-state index in [9.17, 15) is 9.59 Å². The summed E-state index contributed by atoms with van der Waals surface area (Å²) >= 11 is 13.3. The Balaban J connectivity index is 0.00000272. The number of thiazole rings is 1. The number of hydrogen-bond acceptors (Lipinski definition) is 6. The second kappa shape index (κ2) is 9.93. The van der Waals surface area contributed by atoms with Crippen molar-refractivity contribution in [3.63, 3.8) is 0 Å². The van der Waals surface area contributed by atoms with Gasteiger partial charge in [-0.3, -0.25) is 9.59 Å². The number of halogens is 3. The summed E-state index contributed by atoms with van der Waals surface area (Å²) in [6.07, 6.45) is 2.25. The van der Waals surface area contributed by atoms with Crippen molar-refractivity contribution in [3.8, 4) is 0 Å². The van der Waals surface area contributed by atoms with Crippen molar-refractivity contribution < 1.29 is 9.59 Å². The fraction of sp³-hybridized carbons (Fsp3) is 0.200. The molecule has 4 rings (SSSR count). The molecule has 2 aromatic heterocycles. The average Bonchev–Trinajstić information content (AvgIpc) is 3.14. The van der Waals surface area contributed by atoms with Gasteiger partial charge in [0.2, 0.25) is 0 Å². The van der Waals surface area contributed by atoms with Gasteiger partial charge in [-0.25, -0.2) is 9.97 Å². The topological polar surface area (TPSA) is 87.2 Å². The highest BCUT2D eigenvalue weighted by Gasteiger charge is 2.22. The molecule has 0 bridgehead atoms. The molecule has 11 heteroatoms. The molecule has 1 aromatic carbocycles. The van der Waals surface area contributed by atoms with E-state index in [4.69, 9.17) is 23.2 Å². The van der Waals surface area contributed by atoms with E-state index in [2.05, 4.69) is 25.5 Å². The van der Waals surface area contributed by atoms with Gasteiger partial charge < -0.3 is 15.5 Å². The van der Waals surface area contributed by atoms with Gasteiger partial charge in [-0.1, -0.05) is 23.2 Å². The lowest BCUT2D eigenvalue weighted by molar-refractivity contribution is 0.102. The lowest BCUT2D eigenvalue weighted by Gasteiger charge is -2.20. The lowest BCUT2D eigenvalue weighted by atomic mass is 10.1. The molecule has 0 atom stereocenters. The van der Waals surface area contributed by atoms with Crippen molar-refractivity contribution in [2.75, 3.05) is 24.2 Å². The molecule has 162 valence electrons. The molecule has 7 nitrogen and oxygen atoms in total. The standard InChI is InChI=1S/C20H17Cl2N5O2S.ClH/c1-27-7-6-15-16(10-27)30-20(25-15)19(29)24-14-4-2-11(21)8-13(14)18(28)26-17-5-3-12(22)9-23-17;/h2-5,8-9H,6-7,10H2,1H3,(H,24,29)(H,23,26,28);1H. The number of carbonyl (C=O) groups is 2. The van der Waals surface area contributed by atoms with Crippen LogP contribution in [0.1, 0.15) is 30.7 Å². The van der Waals surface area contributed by atoms with Gasteiger partial charge in [0.25, 0.3) is 11.8 Å². The minimum Gasteiger partial charge on any atom is -0.319 e. The van der Waals surface area contributed by atoms with Crippen LogP contribution in [-0.4, -0.2) is 40.3 Å². The average molecular weight is 499 g/mol. The van der Waals surface area contributed by atoms with Crippen molar-refractivity contribution >= 4 is 70.3 Å². The van der Waals surface area contributed by atoms with E-state index in [1.54, 1.807) is 24.3 Å². The molecule has 0 spiro atoms. The predicted octanol–water partition coefficient (Wildman–Crippen LogP) is 4.76. The SMILES string of the molecule is CN1CCc2nc(C(=O)Nc3ccc(Cl)cc3C(=O)Nc3ccc(Cl)cn3)sc2C1.Cl. The largest absolute Gasteiger partial charge is 0.319 e. The molecule has 0 saturated heterocycles. The Morgan fingerprint density at radius 2 is 1.87 bits per heavy atom. The van der Waals surface area contributed by atoms with Crippen LogP contribution in [0.4, 0.5) is 11.5 Å². The Morgan fingerprint density at radius 1 is 1.10 bits per heavy atom. The van der Waals surface area contributed by atoms with Crippen LogP contribution in [0.2, 0.25) is 10.0 Å². The Kier molecular flexibility index (Phi) is 7.51. The van der Waals surface area contributed by atoms with E-state index in [1.807, 2.05) is 7.05 Å². The van der Waals surface area contributed by atoms with Crippen LogP contribution in [0.15, 0.2) is 36.5 Å². The Hall–Kier alpha value is -2.23. The molecule has 0 fully saturated rings. The van der Waals surface area contributed by atoms with E-state index >= 15 is 0 Å². The molecule has 2 amide bonds. The second-order valence-electron chi connectivity index (χ2n) is 6.84. The molecular formula is C20H18Cl3N5O2S. The lowest BCUT2D eigenvalue weighted by Crippen LogP contribution is -2.25. The molecule has 0 radical (unpaired) electrons. The number of benzene rings is 1. The summed E-state index contributed by atoms with van der Waals surface area (Å²) in [7, 11) is 2.04. The molecule has 3 aromatic rings. The molecule has 0 unspecified atom stereocenters. The number of carbonyl (C=O) groups excluding carboxylic acids is 2. The number of nitrogens with one attached hydrogen (secondary N) is 2. The number of fused-ring (bicyclic) bond motifs is 1. The maximum Gasteiger partial charge on any atom is 0.284 e. The predicted molar refractivity (Wildman–Crippen MR) is 126 cm³/mol. The number of aromatic nitrogens is 2. The Bertz CT molecular complexity index is 1120.